The second-order valence-corrected chi connectivity index (χ2v) is 4.36. The molecule has 0 fully saturated rings. The van der Waals surface area contributed by atoms with Crippen LogP contribution in [0.2, 0.25) is 0 Å². The molecule has 0 aromatic heterocycles. The lowest BCUT2D eigenvalue weighted by Gasteiger charge is -2.11. The van der Waals surface area contributed by atoms with Gasteiger partial charge >= 0.3 is 11.9 Å². The van der Waals surface area contributed by atoms with Crippen LogP contribution in [0.25, 0.3) is 0 Å². The number of rotatable bonds is 5. The van der Waals surface area contributed by atoms with E-state index in [2.05, 4.69) is 14.5 Å². The van der Waals surface area contributed by atoms with Crippen LogP contribution in [0.15, 0.2) is 17.1 Å². The summed E-state index contributed by atoms with van der Waals surface area (Å²) in [7, 11) is 4.05. The summed E-state index contributed by atoms with van der Waals surface area (Å²) in [4.78, 5) is 27.3. The van der Waals surface area contributed by atoms with E-state index in [9.17, 15) is 9.59 Å². The fraction of sp³-hybridized carbons (Fsp3) is 0.400. The summed E-state index contributed by atoms with van der Waals surface area (Å²) in [6.45, 7) is 3.74. The van der Waals surface area contributed by atoms with Crippen LogP contribution in [0, 0.1) is 13.8 Å². The molecule has 0 heterocycles. The van der Waals surface area contributed by atoms with Gasteiger partial charge in [0.25, 0.3) is 0 Å². The molecule has 1 rings (SSSR count). The molecule has 1 aromatic rings. The molecule has 0 bridgehead atoms. The van der Waals surface area contributed by atoms with Crippen molar-refractivity contribution in [3.8, 4) is 5.75 Å². The minimum absolute atomic E-state index is 0.0154. The van der Waals surface area contributed by atoms with Crippen molar-refractivity contribution in [1.29, 1.82) is 0 Å². The molecule has 6 heteroatoms. The molecule has 0 saturated carbocycles. The van der Waals surface area contributed by atoms with Crippen LogP contribution < -0.4 is 4.74 Å². The van der Waals surface area contributed by atoms with Gasteiger partial charge in [-0.1, -0.05) is 6.07 Å². The average Bonchev–Trinajstić information content (AvgIpc) is 2.48. The first kappa shape index (κ1) is 16.7. The Morgan fingerprint density at radius 1 is 1.10 bits per heavy atom. The second-order valence-electron chi connectivity index (χ2n) is 4.36. The van der Waals surface area contributed by atoms with E-state index in [-0.39, 0.29) is 12.1 Å². The SMILES string of the molecule is COC(=O)CC(=Nc1ccc(C)c(OC)c1C)C(=O)OC. The highest BCUT2D eigenvalue weighted by Crippen LogP contribution is 2.31. The van der Waals surface area contributed by atoms with Crippen molar-refractivity contribution in [2.75, 3.05) is 21.3 Å². The maximum Gasteiger partial charge on any atom is 0.353 e. The zero-order valence-electron chi connectivity index (χ0n) is 12.9. The largest absolute Gasteiger partial charge is 0.496 e. The Kier molecular flexibility index (Phi) is 5.90. The fourth-order valence-corrected chi connectivity index (χ4v) is 1.88. The van der Waals surface area contributed by atoms with Gasteiger partial charge in [-0.05, 0) is 25.5 Å². The van der Waals surface area contributed by atoms with Crippen LogP contribution in [0.4, 0.5) is 5.69 Å². The molecule has 0 spiro atoms. The number of carbonyl (C=O) groups is 2. The van der Waals surface area contributed by atoms with Gasteiger partial charge < -0.3 is 14.2 Å². The van der Waals surface area contributed by atoms with Crippen molar-refractivity contribution < 1.29 is 23.8 Å². The predicted octanol–water partition coefficient (Wildman–Crippen LogP) is 2.12. The zero-order chi connectivity index (χ0) is 16.0. The summed E-state index contributed by atoms with van der Waals surface area (Å²) < 4.78 is 14.5. The Balaban J connectivity index is 3.27. The van der Waals surface area contributed by atoms with Crippen LogP contribution in [-0.2, 0) is 19.1 Å². The Morgan fingerprint density at radius 3 is 2.29 bits per heavy atom. The molecule has 0 aliphatic rings. The normalized spacial score (nSPS) is 11.0. The second kappa shape index (κ2) is 7.42. The fourth-order valence-electron chi connectivity index (χ4n) is 1.88. The molecule has 0 unspecified atom stereocenters. The van der Waals surface area contributed by atoms with E-state index in [0.29, 0.717) is 11.4 Å². The van der Waals surface area contributed by atoms with E-state index < -0.39 is 11.9 Å². The summed E-state index contributed by atoms with van der Waals surface area (Å²) in [5, 5.41) is 0. The van der Waals surface area contributed by atoms with Crippen LogP contribution in [-0.4, -0.2) is 39.0 Å². The van der Waals surface area contributed by atoms with Gasteiger partial charge in [0.1, 0.15) is 11.5 Å². The summed E-state index contributed by atoms with van der Waals surface area (Å²) in [5.74, 6) is -0.534. The Hall–Kier alpha value is -2.37. The van der Waals surface area contributed by atoms with Crippen LogP contribution in [0.1, 0.15) is 17.5 Å². The van der Waals surface area contributed by atoms with E-state index in [1.165, 1.54) is 14.2 Å². The number of aliphatic imine (C=N–C) groups is 1. The zero-order valence-corrected chi connectivity index (χ0v) is 12.9. The molecule has 114 valence electrons. The third-order valence-electron chi connectivity index (χ3n) is 2.99. The summed E-state index contributed by atoms with van der Waals surface area (Å²) >= 11 is 0. The maximum atomic E-state index is 11.7. The standard InChI is InChI=1S/C15H19NO5/c1-9-6-7-11(10(2)14(9)20-4)16-12(15(18)21-5)8-13(17)19-3/h6-7H,8H2,1-5H3. The monoisotopic (exact) mass is 293 g/mol. The van der Waals surface area contributed by atoms with E-state index in [1.54, 1.807) is 13.2 Å². The number of ether oxygens (including phenoxy) is 3. The maximum absolute atomic E-state index is 11.7. The van der Waals surface area contributed by atoms with Crippen molar-refractivity contribution in [3.63, 3.8) is 0 Å². The van der Waals surface area contributed by atoms with E-state index in [1.807, 2.05) is 19.9 Å². The molecule has 0 radical (unpaired) electrons. The Labute approximate surface area is 123 Å². The average molecular weight is 293 g/mol. The first-order valence-electron chi connectivity index (χ1n) is 6.31. The summed E-state index contributed by atoms with van der Waals surface area (Å²) in [6.07, 6.45) is -0.251. The van der Waals surface area contributed by atoms with Crippen molar-refractivity contribution in [3.05, 3.63) is 23.3 Å². The van der Waals surface area contributed by atoms with Crippen LogP contribution >= 0.6 is 0 Å². The van der Waals surface area contributed by atoms with Crippen molar-refractivity contribution in [2.45, 2.75) is 20.3 Å². The van der Waals surface area contributed by atoms with Gasteiger partial charge in [-0.3, -0.25) is 4.79 Å². The highest BCUT2D eigenvalue weighted by molar-refractivity contribution is 6.39. The van der Waals surface area contributed by atoms with Crippen LogP contribution in [0.5, 0.6) is 5.75 Å². The van der Waals surface area contributed by atoms with Crippen LogP contribution in [0.3, 0.4) is 0 Å². The number of methoxy groups -OCH3 is 3. The van der Waals surface area contributed by atoms with Gasteiger partial charge in [-0.25, -0.2) is 9.79 Å². The quantitative estimate of drug-likeness (QED) is 0.614. The van der Waals surface area contributed by atoms with Gasteiger partial charge in [-0.15, -0.1) is 0 Å². The first-order valence-corrected chi connectivity index (χ1v) is 6.31. The lowest BCUT2D eigenvalue weighted by Crippen LogP contribution is -2.20. The van der Waals surface area contributed by atoms with Gasteiger partial charge in [0.15, 0.2) is 0 Å². The van der Waals surface area contributed by atoms with E-state index >= 15 is 0 Å². The van der Waals surface area contributed by atoms with Gasteiger partial charge in [-0.2, -0.15) is 0 Å². The number of aryl methyl sites for hydroxylation is 1. The van der Waals surface area contributed by atoms with E-state index in [4.69, 9.17) is 4.74 Å². The minimum atomic E-state index is -0.667. The van der Waals surface area contributed by atoms with Crippen molar-refractivity contribution in [1.82, 2.24) is 0 Å². The minimum Gasteiger partial charge on any atom is -0.496 e. The molecule has 0 N–H and O–H groups in total. The number of hydrogen-bond acceptors (Lipinski definition) is 6. The lowest BCUT2D eigenvalue weighted by atomic mass is 10.1. The van der Waals surface area contributed by atoms with Gasteiger partial charge in [0.2, 0.25) is 0 Å². The molecule has 0 aliphatic heterocycles. The molecular weight excluding hydrogens is 274 g/mol. The molecular formula is C15H19NO5. The number of esters is 2. The Morgan fingerprint density at radius 2 is 1.76 bits per heavy atom. The number of nitrogens with zero attached hydrogens (tertiary/aromatic N) is 1. The topological polar surface area (TPSA) is 74.2 Å². The number of benzene rings is 1. The third-order valence-corrected chi connectivity index (χ3v) is 2.99. The van der Waals surface area contributed by atoms with E-state index in [0.717, 1.165) is 11.1 Å². The number of carbonyl (C=O) groups excluding carboxylic acids is 2. The van der Waals surface area contributed by atoms with Gasteiger partial charge in [0.05, 0.1) is 33.4 Å². The molecule has 1 aromatic carbocycles. The number of hydrogen-bond donors (Lipinski definition) is 0. The molecule has 0 aliphatic carbocycles. The molecule has 0 atom stereocenters. The smallest absolute Gasteiger partial charge is 0.353 e. The highest BCUT2D eigenvalue weighted by Gasteiger charge is 2.18. The molecule has 21 heavy (non-hydrogen) atoms. The van der Waals surface area contributed by atoms with Crippen molar-refractivity contribution in [2.24, 2.45) is 4.99 Å². The highest BCUT2D eigenvalue weighted by atomic mass is 16.5. The molecule has 6 nitrogen and oxygen atoms in total. The molecule has 0 saturated heterocycles. The summed E-state index contributed by atoms with van der Waals surface area (Å²) in [5.41, 5.74) is 2.27. The molecule has 0 amide bonds. The van der Waals surface area contributed by atoms with Gasteiger partial charge in [0, 0.05) is 5.56 Å². The first-order chi connectivity index (χ1) is 9.94. The third kappa shape index (κ3) is 4.05. The predicted molar refractivity (Wildman–Crippen MR) is 78.2 cm³/mol. The Bertz CT molecular complexity index is 578. The van der Waals surface area contributed by atoms with Crippen molar-refractivity contribution >= 4 is 23.3 Å². The summed E-state index contributed by atoms with van der Waals surface area (Å²) in [6, 6.07) is 3.59. The lowest BCUT2D eigenvalue weighted by molar-refractivity contribution is -0.140.